The lowest BCUT2D eigenvalue weighted by atomic mass is 10.1. The van der Waals surface area contributed by atoms with Crippen LogP contribution in [0, 0.1) is 0 Å². The highest BCUT2D eigenvalue weighted by molar-refractivity contribution is 6.21. The van der Waals surface area contributed by atoms with Crippen molar-refractivity contribution < 1.29 is 19.2 Å². The van der Waals surface area contributed by atoms with Crippen molar-refractivity contribution in [2.75, 3.05) is 21.2 Å². The maximum absolute atomic E-state index is 11.8. The molecule has 1 aliphatic rings. The molecule has 0 unspecified atom stereocenters. The number of amides is 3. The lowest BCUT2D eigenvalue weighted by molar-refractivity contribution is -0.0757. The van der Waals surface area contributed by atoms with Gasteiger partial charge in [-0.1, -0.05) is 0 Å². The molecule has 1 aromatic carbocycles. The molecule has 0 N–H and O–H groups in total. The van der Waals surface area contributed by atoms with E-state index >= 15 is 0 Å². The first-order chi connectivity index (χ1) is 8.47. The molecule has 0 aliphatic carbocycles. The lowest BCUT2D eigenvalue weighted by Crippen LogP contribution is -2.25. The molecule has 0 saturated heterocycles. The van der Waals surface area contributed by atoms with Crippen molar-refractivity contribution in [1.29, 1.82) is 0 Å². The summed E-state index contributed by atoms with van der Waals surface area (Å²) in [6.07, 6.45) is 0. The Kier molecular flexibility index (Phi) is 2.88. The van der Waals surface area contributed by atoms with Gasteiger partial charge in [-0.3, -0.25) is 24.1 Å². The molecule has 1 heterocycles. The molecule has 0 aromatic heterocycles. The van der Waals surface area contributed by atoms with Gasteiger partial charge >= 0.3 is 0 Å². The minimum atomic E-state index is -0.398. The van der Waals surface area contributed by atoms with Crippen molar-refractivity contribution in [1.82, 2.24) is 9.96 Å². The van der Waals surface area contributed by atoms with Gasteiger partial charge in [-0.25, -0.2) is 5.06 Å². The maximum atomic E-state index is 11.8. The van der Waals surface area contributed by atoms with Crippen LogP contribution in [0.15, 0.2) is 18.2 Å². The van der Waals surface area contributed by atoms with E-state index in [2.05, 4.69) is 0 Å². The minimum absolute atomic E-state index is 0.248. The normalized spacial score (nSPS) is 13.8. The molecule has 0 radical (unpaired) electrons. The first-order valence-corrected chi connectivity index (χ1v) is 5.26. The van der Waals surface area contributed by atoms with E-state index in [4.69, 9.17) is 4.84 Å². The van der Waals surface area contributed by atoms with Crippen LogP contribution in [0.5, 0.6) is 0 Å². The van der Waals surface area contributed by atoms with Crippen LogP contribution in [0.4, 0.5) is 0 Å². The number of hydroxylamine groups is 2. The summed E-state index contributed by atoms with van der Waals surface area (Å²) < 4.78 is 0. The molecule has 0 fully saturated rings. The molecule has 1 aliphatic heterocycles. The largest absolute Gasteiger partial charge is 0.277 e. The third-order valence-electron chi connectivity index (χ3n) is 2.90. The zero-order valence-electron chi connectivity index (χ0n) is 10.3. The van der Waals surface area contributed by atoms with E-state index in [1.165, 1.54) is 39.4 Å². The van der Waals surface area contributed by atoms with Gasteiger partial charge in [0.2, 0.25) is 0 Å². The van der Waals surface area contributed by atoms with Crippen LogP contribution in [0.2, 0.25) is 0 Å². The van der Waals surface area contributed by atoms with Crippen LogP contribution in [0.3, 0.4) is 0 Å². The number of carbonyl (C=O) groups is 3. The number of imide groups is 1. The third kappa shape index (κ3) is 1.67. The fourth-order valence-corrected chi connectivity index (χ4v) is 1.76. The molecule has 0 atom stereocenters. The van der Waals surface area contributed by atoms with Crippen LogP contribution in [-0.4, -0.2) is 48.9 Å². The Morgan fingerprint density at radius 3 is 2.44 bits per heavy atom. The Morgan fingerprint density at radius 1 is 1.22 bits per heavy atom. The summed E-state index contributed by atoms with van der Waals surface area (Å²) in [6.45, 7) is 0. The lowest BCUT2D eigenvalue weighted by Gasteiger charge is -2.13. The Labute approximate surface area is 104 Å². The fourth-order valence-electron chi connectivity index (χ4n) is 1.76. The standard InChI is InChI=1S/C12H12N2O4/c1-13-11(16)8-5-4-7(6-9(8)12(13)17)10(15)14(2)18-3/h4-6H,1-3H3. The second kappa shape index (κ2) is 4.23. The van der Waals surface area contributed by atoms with Gasteiger partial charge in [-0.15, -0.1) is 0 Å². The molecule has 1 aromatic rings. The third-order valence-corrected chi connectivity index (χ3v) is 2.90. The van der Waals surface area contributed by atoms with Crippen LogP contribution < -0.4 is 0 Å². The zero-order valence-corrected chi connectivity index (χ0v) is 10.3. The van der Waals surface area contributed by atoms with Crippen molar-refractivity contribution in [2.24, 2.45) is 0 Å². The first-order valence-electron chi connectivity index (χ1n) is 5.26. The van der Waals surface area contributed by atoms with Gasteiger partial charge in [-0.05, 0) is 18.2 Å². The van der Waals surface area contributed by atoms with E-state index in [-0.39, 0.29) is 17.4 Å². The molecule has 0 bridgehead atoms. The van der Waals surface area contributed by atoms with Gasteiger partial charge in [0.05, 0.1) is 18.2 Å². The van der Waals surface area contributed by atoms with Crippen molar-refractivity contribution in [3.05, 3.63) is 34.9 Å². The molecule has 3 amide bonds. The Bertz CT molecular complexity index is 553. The number of hydrogen-bond donors (Lipinski definition) is 0. The Balaban J connectivity index is 2.44. The first kappa shape index (κ1) is 12.3. The molecule has 0 saturated carbocycles. The Morgan fingerprint density at radius 2 is 1.83 bits per heavy atom. The molecule has 0 spiro atoms. The van der Waals surface area contributed by atoms with Crippen molar-refractivity contribution in [3.8, 4) is 0 Å². The number of hydrogen-bond acceptors (Lipinski definition) is 4. The average molecular weight is 248 g/mol. The van der Waals surface area contributed by atoms with E-state index in [0.717, 1.165) is 9.96 Å². The van der Waals surface area contributed by atoms with Gasteiger partial charge in [0, 0.05) is 19.7 Å². The second-order valence-corrected chi connectivity index (χ2v) is 3.91. The monoisotopic (exact) mass is 248 g/mol. The topological polar surface area (TPSA) is 66.9 Å². The highest BCUT2D eigenvalue weighted by atomic mass is 16.7. The van der Waals surface area contributed by atoms with Crippen LogP contribution in [-0.2, 0) is 4.84 Å². The summed E-state index contributed by atoms with van der Waals surface area (Å²) in [4.78, 5) is 41.1. The highest BCUT2D eigenvalue weighted by Gasteiger charge is 2.33. The van der Waals surface area contributed by atoms with E-state index < -0.39 is 5.91 Å². The van der Waals surface area contributed by atoms with Crippen LogP contribution in [0.1, 0.15) is 31.1 Å². The van der Waals surface area contributed by atoms with Gasteiger partial charge < -0.3 is 0 Å². The number of nitrogens with zero attached hydrogens (tertiary/aromatic N) is 2. The van der Waals surface area contributed by atoms with Crippen molar-refractivity contribution in [3.63, 3.8) is 0 Å². The van der Waals surface area contributed by atoms with Crippen molar-refractivity contribution >= 4 is 17.7 Å². The summed E-state index contributed by atoms with van der Waals surface area (Å²) in [5.41, 5.74) is 0.867. The number of fused-ring (bicyclic) bond motifs is 1. The maximum Gasteiger partial charge on any atom is 0.277 e. The molecule has 6 nitrogen and oxygen atoms in total. The summed E-state index contributed by atoms with van der Waals surface area (Å²) in [5.74, 6) is -1.13. The molecular formula is C12H12N2O4. The number of carbonyl (C=O) groups excluding carboxylic acids is 3. The average Bonchev–Trinajstić information content (AvgIpc) is 2.61. The fraction of sp³-hybridized carbons (Fsp3) is 0.250. The van der Waals surface area contributed by atoms with E-state index in [9.17, 15) is 14.4 Å². The predicted octanol–water partition coefficient (Wildman–Crippen LogP) is 0.546. The summed E-state index contributed by atoms with van der Waals surface area (Å²) >= 11 is 0. The minimum Gasteiger partial charge on any atom is -0.277 e. The zero-order chi connectivity index (χ0) is 13.4. The molecule has 94 valence electrons. The molecule has 18 heavy (non-hydrogen) atoms. The van der Waals surface area contributed by atoms with Gasteiger partial charge in [0.1, 0.15) is 0 Å². The molecule has 6 heteroatoms. The number of rotatable bonds is 2. The summed E-state index contributed by atoms with van der Waals surface area (Å²) in [6, 6.07) is 4.40. The van der Waals surface area contributed by atoms with Gasteiger partial charge in [-0.2, -0.15) is 0 Å². The smallest absolute Gasteiger partial charge is 0.277 e. The highest BCUT2D eigenvalue weighted by Crippen LogP contribution is 2.23. The molecule has 2 rings (SSSR count). The number of benzene rings is 1. The summed E-state index contributed by atoms with van der Waals surface area (Å²) in [7, 11) is 4.25. The van der Waals surface area contributed by atoms with E-state index in [1.54, 1.807) is 0 Å². The predicted molar refractivity (Wildman–Crippen MR) is 62.0 cm³/mol. The van der Waals surface area contributed by atoms with Crippen LogP contribution in [0.25, 0.3) is 0 Å². The van der Waals surface area contributed by atoms with E-state index in [0.29, 0.717) is 11.1 Å². The van der Waals surface area contributed by atoms with E-state index in [1.807, 2.05) is 0 Å². The Hall–Kier alpha value is -2.21. The van der Waals surface area contributed by atoms with Crippen molar-refractivity contribution in [2.45, 2.75) is 0 Å². The van der Waals surface area contributed by atoms with Gasteiger partial charge in [0.25, 0.3) is 17.7 Å². The molecular weight excluding hydrogens is 236 g/mol. The SMILES string of the molecule is CON(C)C(=O)c1ccc2c(c1)C(=O)N(C)C2=O. The second-order valence-electron chi connectivity index (χ2n) is 3.91. The summed E-state index contributed by atoms with van der Waals surface area (Å²) in [5, 5.41) is 1.05. The van der Waals surface area contributed by atoms with Crippen LogP contribution >= 0.6 is 0 Å². The quantitative estimate of drug-likeness (QED) is 0.566. The van der Waals surface area contributed by atoms with Gasteiger partial charge in [0.15, 0.2) is 0 Å².